The summed E-state index contributed by atoms with van der Waals surface area (Å²) in [5.74, 6) is 4.30. The summed E-state index contributed by atoms with van der Waals surface area (Å²) in [6, 6.07) is 8.44. The molecule has 0 radical (unpaired) electrons. The highest BCUT2D eigenvalue weighted by atomic mass is 32.1. The third-order valence-electron chi connectivity index (χ3n) is 2.51. The quantitative estimate of drug-likeness (QED) is 0.793. The Labute approximate surface area is 112 Å². The molecule has 1 atom stereocenters. The second kappa shape index (κ2) is 5.08. The second-order valence-electron chi connectivity index (χ2n) is 3.84. The van der Waals surface area contributed by atoms with Crippen molar-refractivity contribution in [1.82, 2.24) is 0 Å². The van der Waals surface area contributed by atoms with Gasteiger partial charge < -0.3 is 5.11 Å². The van der Waals surface area contributed by atoms with Gasteiger partial charge in [-0.15, -0.1) is 0 Å². The largest absolute Gasteiger partial charge is 0.433 e. The Morgan fingerprint density at radius 1 is 1.05 bits per heavy atom. The fourth-order valence-corrected chi connectivity index (χ4v) is 2.07. The van der Waals surface area contributed by atoms with Gasteiger partial charge in [0.15, 0.2) is 0 Å². The number of hydrogen-bond acceptors (Lipinski definition) is 2. The van der Waals surface area contributed by atoms with Gasteiger partial charge in [0.2, 0.25) is 5.60 Å². The molecule has 0 bridgehead atoms. The standard InChI is InChI=1S/C14H9F3OS/c15-14(16,17)13(18,12-4-2-1-3-5-12)8-6-11-7-9-19-10-11/h1-5,7,9-10,18H/t13-/m1/s1. The van der Waals surface area contributed by atoms with Crippen LogP contribution in [0.1, 0.15) is 11.1 Å². The van der Waals surface area contributed by atoms with E-state index in [0.717, 1.165) is 0 Å². The molecule has 0 aliphatic carbocycles. The maximum Gasteiger partial charge on any atom is 0.433 e. The molecule has 1 aromatic heterocycles. The van der Waals surface area contributed by atoms with Gasteiger partial charge in [0.25, 0.3) is 0 Å². The minimum Gasteiger partial charge on any atom is -0.366 e. The van der Waals surface area contributed by atoms with Gasteiger partial charge >= 0.3 is 6.18 Å². The molecule has 0 aliphatic heterocycles. The zero-order valence-electron chi connectivity index (χ0n) is 9.61. The summed E-state index contributed by atoms with van der Waals surface area (Å²) in [4.78, 5) is 0. The SMILES string of the molecule is O[C@](C#Cc1ccsc1)(c1ccccc1)C(F)(F)F. The summed E-state index contributed by atoms with van der Waals surface area (Å²) in [5, 5.41) is 13.3. The van der Waals surface area contributed by atoms with E-state index in [-0.39, 0.29) is 5.56 Å². The van der Waals surface area contributed by atoms with Crippen molar-refractivity contribution in [2.45, 2.75) is 11.8 Å². The van der Waals surface area contributed by atoms with E-state index in [4.69, 9.17) is 0 Å². The Hall–Kier alpha value is -1.77. The molecule has 0 fully saturated rings. The molecule has 98 valence electrons. The van der Waals surface area contributed by atoms with Gasteiger partial charge in [-0.1, -0.05) is 36.3 Å². The lowest BCUT2D eigenvalue weighted by atomic mass is 9.93. The van der Waals surface area contributed by atoms with Gasteiger partial charge in [0.1, 0.15) is 0 Å². The average molecular weight is 282 g/mol. The summed E-state index contributed by atoms with van der Waals surface area (Å²) in [6.45, 7) is 0. The molecule has 0 unspecified atom stereocenters. The molecule has 0 amide bonds. The molecule has 0 spiro atoms. The van der Waals surface area contributed by atoms with Crippen LogP contribution >= 0.6 is 11.3 Å². The Kier molecular flexibility index (Phi) is 3.65. The fraction of sp³-hybridized carbons (Fsp3) is 0.143. The van der Waals surface area contributed by atoms with Crippen LogP contribution in [0.5, 0.6) is 0 Å². The normalized spacial score (nSPS) is 14.3. The van der Waals surface area contributed by atoms with Crippen molar-refractivity contribution in [2.75, 3.05) is 0 Å². The first kappa shape index (κ1) is 13.7. The summed E-state index contributed by atoms with van der Waals surface area (Å²) in [7, 11) is 0. The second-order valence-corrected chi connectivity index (χ2v) is 4.62. The molecular formula is C14H9F3OS. The molecule has 0 saturated heterocycles. The predicted octanol–water partition coefficient (Wildman–Crippen LogP) is 3.55. The third-order valence-corrected chi connectivity index (χ3v) is 3.19. The highest BCUT2D eigenvalue weighted by Gasteiger charge is 2.54. The summed E-state index contributed by atoms with van der Waals surface area (Å²) < 4.78 is 39.2. The van der Waals surface area contributed by atoms with Crippen molar-refractivity contribution in [2.24, 2.45) is 0 Å². The number of hydrogen-bond donors (Lipinski definition) is 1. The molecule has 1 aromatic carbocycles. The van der Waals surface area contributed by atoms with E-state index in [9.17, 15) is 18.3 Å². The van der Waals surface area contributed by atoms with Crippen molar-refractivity contribution in [3.05, 3.63) is 58.3 Å². The molecule has 1 heterocycles. The van der Waals surface area contributed by atoms with E-state index >= 15 is 0 Å². The molecule has 0 aliphatic rings. The molecular weight excluding hydrogens is 273 g/mol. The number of alkyl halides is 3. The highest BCUT2D eigenvalue weighted by molar-refractivity contribution is 7.08. The topological polar surface area (TPSA) is 20.2 Å². The van der Waals surface area contributed by atoms with Crippen LogP contribution in [0.2, 0.25) is 0 Å². The number of aliphatic hydroxyl groups is 1. The van der Waals surface area contributed by atoms with E-state index in [0.29, 0.717) is 5.56 Å². The first-order chi connectivity index (χ1) is 8.93. The maximum atomic E-state index is 13.1. The fourth-order valence-electron chi connectivity index (χ4n) is 1.48. The number of benzene rings is 1. The summed E-state index contributed by atoms with van der Waals surface area (Å²) >= 11 is 1.33. The van der Waals surface area contributed by atoms with Crippen LogP contribution in [0, 0.1) is 11.8 Å². The van der Waals surface area contributed by atoms with Gasteiger partial charge in [0, 0.05) is 16.5 Å². The van der Waals surface area contributed by atoms with Crippen LogP contribution in [0.25, 0.3) is 0 Å². The average Bonchev–Trinajstić information content (AvgIpc) is 2.89. The summed E-state index contributed by atoms with van der Waals surface area (Å²) in [6.07, 6.45) is -4.86. The minimum atomic E-state index is -4.86. The Bertz CT molecular complexity index is 593. The zero-order valence-corrected chi connectivity index (χ0v) is 10.4. The minimum absolute atomic E-state index is 0.287. The third kappa shape index (κ3) is 2.80. The van der Waals surface area contributed by atoms with Crippen molar-refractivity contribution in [3.8, 4) is 11.8 Å². The molecule has 1 N–H and O–H groups in total. The van der Waals surface area contributed by atoms with E-state index < -0.39 is 11.8 Å². The van der Waals surface area contributed by atoms with E-state index in [1.165, 1.54) is 35.6 Å². The van der Waals surface area contributed by atoms with Crippen molar-refractivity contribution >= 4 is 11.3 Å². The van der Waals surface area contributed by atoms with Crippen LogP contribution in [0.15, 0.2) is 47.2 Å². The highest BCUT2D eigenvalue weighted by Crippen LogP contribution is 2.38. The monoisotopic (exact) mass is 282 g/mol. The van der Waals surface area contributed by atoms with Crippen molar-refractivity contribution < 1.29 is 18.3 Å². The van der Waals surface area contributed by atoms with Crippen LogP contribution in [-0.2, 0) is 5.60 Å². The molecule has 2 rings (SSSR count). The van der Waals surface area contributed by atoms with Gasteiger partial charge in [-0.25, -0.2) is 0 Å². The summed E-state index contributed by atoms with van der Waals surface area (Å²) in [5.41, 5.74) is -3.00. The van der Waals surface area contributed by atoms with Crippen LogP contribution < -0.4 is 0 Å². The van der Waals surface area contributed by atoms with Gasteiger partial charge in [-0.3, -0.25) is 0 Å². The molecule has 0 saturated carbocycles. The number of halogens is 3. The van der Waals surface area contributed by atoms with Crippen molar-refractivity contribution in [1.29, 1.82) is 0 Å². The Balaban J connectivity index is 2.48. The molecule has 5 heteroatoms. The maximum absolute atomic E-state index is 13.1. The Morgan fingerprint density at radius 2 is 1.74 bits per heavy atom. The van der Waals surface area contributed by atoms with E-state index in [1.54, 1.807) is 22.9 Å². The van der Waals surface area contributed by atoms with E-state index in [1.807, 2.05) is 5.92 Å². The van der Waals surface area contributed by atoms with Gasteiger partial charge in [-0.05, 0) is 17.4 Å². The molecule has 1 nitrogen and oxygen atoms in total. The first-order valence-corrected chi connectivity index (χ1v) is 6.28. The Morgan fingerprint density at radius 3 is 2.26 bits per heavy atom. The zero-order chi connectivity index (χ0) is 13.9. The lowest BCUT2D eigenvalue weighted by molar-refractivity contribution is -0.240. The predicted molar refractivity (Wildman–Crippen MR) is 67.6 cm³/mol. The van der Waals surface area contributed by atoms with Crippen LogP contribution in [-0.4, -0.2) is 11.3 Å². The van der Waals surface area contributed by atoms with Gasteiger partial charge in [0.05, 0.1) is 0 Å². The van der Waals surface area contributed by atoms with Gasteiger partial charge in [-0.2, -0.15) is 24.5 Å². The van der Waals surface area contributed by atoms with E-state index in [2.05, 4.69) is 5.92 Å². The lowest BCUT2D eigenvalue weighted by Crippen LogP contribution is -2.41. The number of rotatable bonds is 1. The van der Waals surface area contributed by atoms with Crippen molar-refractivity contribution in [3.63, 3.8) is 0 Å². The first-order valence-electron chi connectivity index (χ1n) is 5.33. The van der Waals surface area contributed by atoms with Crippen LogP contribution in [0.3, 0.4) is 0 Å². The lowest BCUT2D eigenvalue weighted by Gasteiger charge is -2.25. The number of thiophene rings is 1. The van der Waals surface area contributed by atoms with Crippen LogP contribution in [0.4, 0.5) is 13.2 Å². The molecule has 2 aromatic rings. The molecule has 19 heavy (non-hydrogen) atoms. The smallest absolute Gasteiger partial charge is 0.366 e.